The molecule has 1 fully saturated rings. The smallest absolute Gasteiger partial charge is 0.293 e. The predicted molar refractivity (Wildman–Crippen MR) is 99.6 cm³/mol. The van der Waals surface area contributed by atoms with Crippen LogP contribution in [0.3, 0.4) is 0 Å². The summed E-state index contributed by atoms with van der Waals surface area (Å²) in [6.45, 7) is 2.42. The molecular weight excluding hydrogens is 344 g/mol. The number of anilines is 1. The lowest BCUT2D eigenvalue weighted by Gasteiger charge is -2.33. The maximum atomic E-state index is 11.5. The van der Waals surface area contributed by atoms with Gasteiger partial charge in [0, 0.05) is 38.0 Å². The first-order chi connectivity index (χ1) is 13.2. The fraction of sp³-hybridized carbons (Fsp3) is 0.526. The van der Waals surface area contributed by atoms with Crippen molar-refractivity contribution in [2.45, 2.75) is 51.0 Å². The number of piperidine rings is 1. The van der Waals surface area contributed by atoms with Gasteiger partial charge < -0.3 is 9.47 Å². The van der Waals surface area contributed by atoms with E-state index in [9.17, 15) is 10.1 Å². The molecule has 0 amide bonds. The first kappa shape index (κ1) is 17.5. The number of fused-ring (bicyclic) bond motifs is 1. The number of aryl methyl sites for hydroxylation is 1. The molecule has 4 rings (SSSR count). The Balaban J connectivity index is 1.62. The second kappa shape index (κ2) is 7.35. The van der Waals surface area contributed by atoms with Crippen LogP contribution in [0.5, 0.6) is 0 Å². The predicted octanol–water partition coefficient (Wildman–Crippen LogP) is 3.17. The number of nitrogens with zero attached hydrogens (tertiary/aromatic N) is 6. The molecule has 2 aliphatic heterocycles. The van der Waals surface area contributed by atoms with Crippen LogP contribution in [0.2, 0.25) is 0 Å². The van der Waals surface area contributed by atoms with Crippen molar-refractivity contribution in [2.75, 3.05) is 18.0 Å². The van der Waals surface area contributed by atoms with Gasteiger partial charge in [0.05, 0.1) is 16.6 Å². The fourth-order valence-electron chi connectivity index (χ4n) is 4.22. The number of hydrogen-bond donors (Lipinski definition) is 0. The molecular formula is C19H22N6O2. The van der Waals surface area contributed by atoms with Gasteiger partial charge in [-0.05, 0) is 37.8 Å². The highest BCUT2D eigenvalue weighted by Gasteiger charge is 2.30. The van der Waals surface area contributed by atoms with Gasteiger partial charge in [0.1, 0.15) is 17.3 Å². The molecule has 3 heterocycles. The second-order valence-electron chi connectivity index (χ2n) is 7.29. The summed E-state index contributed by atoms with van der Waals surface area (Å²) in [5, 5.41) is 29.5. The normalized spacial score (nSPS) is 19.8. The molecule has 140 valence electrons. The average Bonchev–Trinajstić information content (AvgIpc) is 2.96. The van der Waals surface area contributed by atoms with Gasteiger partial charge in [-0.25, -0.2) is 0 Å². The molecule has 0 unspecified atom stereocenters. The van der Waals surface area contributed by atoms with E-state index >= 15 is 0 Å². The molecule has 1 atom stereocenters. The van der Waals surface area contributed by atoms with Crippen molar-refractivity contribution in [1.29, 1.82) is 5.26 Å². The van der Waals surface area contributed by atoms with Crippen molar-refractivity contribution in [1.82, 2.24) is 14.8 Å². The van der Waals surface area contributed by atoms with Crippen LogP contribution < -0.4 is 4.90 Å². The summed E-state index contributed by atoms with van der Waals surface area (Å²) in [5.74, 6) is 2.31. The number of rotatable bonds is 3. The van der Waals surface area contributed by atoms with Crippen LogP contribution in [0.25, 0.3) is 0 Å². The van der Waals surface area contributed by atoms with Gasteiger partial charge in [-0.2, -0.15) is 5.26 Å². The monoisotopic (exact) mass is 366 g/mol. The Hall–Kier alpha value is -2.95. The first-order valence-corrected chi connectivity index (χ1v) is 9.53. The minimum absolute atomic E-state index is 0.00484. The van der Waals surface area contributed by atoms with E-state index in [1.807, 2.05) is 6.07 Å². The van der Waals surface area contributed by atoms with Crippen LogP contribution in [-0.2, 0) is 13.0 Å². The topological polar surface area (TPSA) is 101 Å². The Kier molecular flexibility index (Phi) is 4.75. The Labute approximate surface area is 157 Å². The standard InChI is InChI=1S/C19H22N6O2/c20-12-14-7-8-16(17(11-14)25(26)27)23-9-4-5-15(13-23)19-22-21-18-6-2-1-3-10-24(18)19/h7-8,11,15H,1-6,9-10,13H2/t15-/m1/s1. The summed E-state index contributed by atoms with van der Waals surface area (Å²) in [7, 11) is 0. The first-order valence-electron chi connectivity index (χ1n) is 9.53. The summed E-state index contributed by atoms with van der Waals surface area (Å²) in [5.41, 5.74) is 0.885. The molecule has 2 aromatic rings. The zero-order valence-corrected chi connectivity index (χ0v) is 15.2. The molecule has 0 bridgehead atoms. The lowest BCUT2D eigenvalue weighted by Crippen LogP contribution is -2.35. The molecule has 2 aliphatic rings. The van der Waals surface area contributed by atoms with Gasteiger partial charge in [0.15, 0.2) is 0 Å². The van der Waals surface area contributed by atoms with Gasteiger partial charge in [0.2, 0.25) is 0 Å². The number of aromatic nitrogens is 3. The fourth-order valence-corrected chi connectivity index (χ4v) is 4.22. The van der Waals surface area contributed by atoms with E-state index in [-0.39, 0.29) is 11.6 Å². The Morgan fingerprint density at radius 2 is 2.07 bits per heavy atom. The number of nitriles is 1. The maximum absolute atomic E-state index is 11.5. The molecule has 1 aromatic heterocycles. The van der Waals surface area contributed by atoms with Crippen molar-refractivity contribution in [2.24, 2.45) is 0 Å². The molecule has 0 aliphatic carbocycles. The summed E-state index contributed by atoms with van der Waals surface area (Å²) in [4.78, 5) is 13.2. The number of benzene rings is 1. The second-order valence-corrected chi connectivity index (χ2v) is 7.29. The van der Waals surface area contributed by atoms with E-state index in [1.165, 1.54) is 12.5 Å². The van der Waals surface area contributed by atoms with Crippen LogP contribution in [0, 0.1) is 21.4 Å². The van der Waals surface area contributed by atoms with Crippen molar-refractivity contribution in [3.05, 3.63) is 45.5 Å². The van der Waals surface area contributed by atoms with Gasteiger partial charge in [-0.15, -0.1) is 10.2 Å². The molecule has 27 heavy (non-hydrogen) atoms. The molecule has 0 saturated carbocycles. The molecule has 0 radical (unpaired) electrons. The number of nitro groups is 1. The van der Waals surface area contributed by atoms with Crippen molar-refractivity contribution < 1.29 is 4.92 Å². The highest BCUT2D eigenvalue weighted by atomic mass is 16.6. The number of nitro benzene ring substituents is 1. The molecule has 1 aromatic carbocycles. The van der Waals surface area contributed by atoms with E-state index in [0.29, 0.717) is 17.8 Å². The Bertz CT molecular complexity index is 900. The lowest BCUT2D eigenvalue weighted by atomic mass is 9.96. The molecule has 8 nitrogen and oxygen atoms in total. The van der Waals surface area contributed by atoms with E-state index in [4.69, 9.17) is 5.26 Å². The lowest BCUT2D eigenvalue weighted by molar-refractivity contribution is -0.384. The van der Waals surface area contributed by atoms with Gasteiger partial charge in [0.25, 0.3) is 5.69 Å². The van der Waals surface area contributed by atoms with E-state index in [2.05, 4.69) is 19.7 Å². The van der Waals surface area contributed by atoms with Crippen LogP contribution in [0.4, 0.5) is 11.4 Å². The van der Waals surface area contributed by atoms with Gasteiger partial charge in [-0.3, -0.25) is 10.1 Å². The molecule has 8 heteroatoms. The van der Waals surface area contributed by atoms with Crippen molar-refractivity contribution >= 4 is 11.4 Å². The maximum Gasteiger partial charge on any atom is 0.293 e. The highest BCUT2D eigenvalue weighted by Crippen LogP contribution is 2.35. The molecule has 0 spiro atoms. The Morgan fingerprint density at radius 1 is 1.19 bits per heavy atom. The molecule has 0 N–H and O–H groups in total. The zero-order chi connectivity index (χ0) is 18.8. The average molecular weight is 366 g/mol. The number of hydrogen-bond acceptors (Lipinski definition) is 6. The Morgan fingerprint density at radius 3 is 2.89 bits per heavy atom. The van der Waals surface area contributed by atoms with Crippen molar-refractivity contribution in [3.63, 3.8) is 0 Å². The van der Waals surface area contributed by atoms with E-state index in [0.717, 1.165) is 56.8 Å². The van der Waals surface area contributed by atoms with E-state index < -0.39 is 4.92 Å². The quantitative estimate of drug-likeness (QED) is 0.611. The minimum atomic E-state index is -0.400. The minimum Gasteiger partial charge on any atom is -0.365 e. The third kappa shape index (κ3) is 3.37. The third-order valence-corrected chi connectivity index (χ3v) is 5.57. The molecule has 1 saturated heterocycles. The summed E-state index contributed by atoms with van der Waals surface area (Å²) >= 11 is 0. The van der Waals surface area contributed by atoms with Crippen LogP contribution in [0.15, 0.2) is 18.2 Å². The van der Waals surface area contributed by atoms with Crippen LogP contribution >= 0.6 is 0 Å². The van der Waals surface area contributed by atoms with Crippen LogP contribution in [-0.4, -0.2) is 32.8 Å². The SMILES string of the molecule is N#Cc1ccc(N2CCC[C@@H](c3nnc4n3CCCCC4)C2)c([N+](=O)[O-])c1. The zero-order valence-electron chi connectivity index (χ0n) is 15.2. The van der Waals surface area contributed by atoms with Crippen LogP contribution in [0.1, 0.15) is 55.2 Å². The summed E-state index contributed by atoms with van der Waals surface area (Å²) in [6, 6.07) is 6.69. The van der Waals surface area contributed by atoms with Gasteiger partial charge in [-0.1, -0.05) is 6.42 Å². The van der Waals surface area contributed by atoms with E-state index in [1.54, 1.807) is 12.1 Å². The summed E-state index contributed by atoms with van der Waals surface area (Å²) < 4.78 is 2.27. The van der Waals surface area contributed by atoms with Gasteiger partial charge >= 0.3 is 0 Å². The highest BCUT2D eigenvalue weighted by molar-refractivity contribution is 5.66. The summed E-state index contributed by atoms with van der Waals surface area (Å²) in [6.07, 6.45) is 6.46. The third-order valence-electron chi connectivity index (χ3n) is 5.57. The largest absolute Gasteiger partial charge is 0.365 e. The van der Waals surface area contributed by atoms with Crippen molar-refractivity contribution in [3.8, 4) is 6.07 Å².